The molecular weight excluding hydrogens is 328 g/mol. The molecule has 0 amide bonds. The average Bonchev–Trinajstić information content (AvgIpc) is 2.89. The summed E-state index contributed by atoms with van der Waals surface area (Å²) in [6, 6.07) is 9.21. The van der Waals surface area contributed by atoms with Gasteiger partial charge in [-0.2, -0.15) is 0 Å². The second-order valence-corrected chi connectivity index (χ2v) is 11.3. The van der Waals surface area contributed by atoms with Crippen molar-refractivity contribution in [3.05, 3.63) is 41.8 Å². The van der Waals surface area contributed by atoms with Crippen LogP contribution in [0.5, 0.6) is 0 Å². The summed E-state index contributed by atoms with van der Waals surface area (Å²) in [7, 11) is -7.22. The first-order chi connectivity index (χ1) is 9.57. The molecule has 0 saturated carbocycles. The fourth-order valence-electron chi connectivity index (χ4n) is 1.62. The van der Waals surface area contributed by atoms with E-state index in [1.807, 2.05) is 0 Å². The van der Waals surface area contributed by atoms with Crippen LogP contribution in [0.3, 0.4) is 0 Å². The largest absolute Gasteiger partial charge is 0.222 e. The third-order valence-electron chi connectivity index (χ3n) is 2.99. The smallest absolute Gasteiger partial charge is 0.207 e. The van der Waals surface area contributed by atoms with E-state index in [-0.39, 0.29) is 14.0 Å². The van der Waals surface area contributed by atoms with Crippen molar-refractivity contribution >= 4 is 31.0 Å². The van der Waals surface area contributed by atoms with Gasteiger partial charge in [0.25, 0.3) is 0 Å². The van der Waals surface area contributed by atoms with Crippen molar-refractivity contribution in [1.29, 1.82) is 0 Å². The van der Waals surface area contributed by atoms with E-state index in [1.54, 1.807) is 39.0 Å². The summed E-state index contributed by atoms with van der Waals surface area (Å²) in [6.07, 6.45) is 0. The third-order valence-corrected chi connectivity index (χ3v) is 8.81. The van der Waals surface area contributed by atoms with Crippen LogP contribution in [-0.4, -0.2) is 21.6 Å². The van der Waals surface area contributed by atoms with Crippen molar-refractivity contribution in [2.45, 2.75) is 39.5 Å². The Bertz CT molecular complexity index is 839. The second kappa shape index (κ2) is 5.23. The molecule has 1 aromatic heterocycles. The van der Waals surface area contributed by atoms with Gasteiger partial charge in [-0.05, 0) is 39.0 Å². The highest BCUT2D eigenvalue weighted by molar-refractivity contribution is 7.95. The minimum atomic E-state index is -3.68. The molecule has 0 spiro atoms. The number of rotatable bonds is 3. The van der Waals surface area contributed by atoms with E-state index >= 15 is 0 Å². The van der Waals surface area contributed by atoms with E-state index in [4.69, 9.17) is 0 Å². The lowest BCUT2D eigenvalue weighted by atomic mass is 10.3. The second-order valence-electron chi connectivity index (χ2n) is 5.53. The fraction of sp³-hybridized carbons (Fsp3) is 0.286. The quantitative estimate of drug-likeness (QED) is 0.858. The Hall–Kier alpha value is -1.18. The highest BCUT2D eigenvalue weighted by Gasteiger charge is 2.33. The Balaban J connectivity index is 2.52. The van der Waals surface area contributed by atoms with Crippen molar-refractivity contribution < 1.29 is 16.8 Å². The first kappa shape index (κ1) is 16.2. The lowest BCUT2D eigenvalue weighted by molar-refractivity contribution is 0.562. The zero-order valence-electron chi connectivity index (χ0n) is 11.9. The van der Waals surface area contributed by atoms with E-state index in [2.05, 4.69) is 0 Å². The summed E-state index contributed by atoms with van der Waals surface area (Å²) < 4.78 is 48.7. The number of thiophene rings is 1. The van der Waals surface area contributed by atoms with Crippen molar-refractivity contribution in [2.24, 2.45) is 0 Å². The zero-order valence-corrected chi connectivity index (χ0v) is 14.3. The molecule has 0 saturated heterocycles. The number of sulfone groups is 2. The maximum Gasteiger partial charge on any atom is 0.207 e. The van der Waals surface area contributed by atoms with E-state index < -0.39 is 24.4 Å². The molecule has 0 radical (unpaired) electrons. The van der Waals surface area contributed by atoms with Gasteiger partial charge in [0.1, 0.15) is 4.21 Å². The first-order valence-electron chi connectivity index (χ1n) is 6.20. The molecule has 2 rings (SSSR count). The number of benzene rings is 1. The Morgan fingerprint density at radius 1 is 0.905 bits per heavy atom. The standard InChI is InChI=1S/C14H16O4S3/c1-14(2,3)21(17,18)13-9-12(10-19-13)20(15,16)11-7-5-4-6-8-11/h4-10H,1-3H3. The Kier molecular flexibility index (Phi) is 4.03. The summed E-state index contributed by atoms with van der Waals surface area (Å²) in [6.45, 7) is 4.77. The lowest BCUT2D eigenvalue weighted by Crippen LogP contribution is -2.27. The first-order valence-corrected chi connectivity index (χ1v) is 10.0. The van der Waals surface area contributed by atoms with E-state index in [0.29, 0.717) is 0 Å². The van der Waals surface area contributed by atoms with Crippen LogP contribution < -0.4 is 0 Å². The molecule has 1 heterocycles. The van der Waals surface area contributed by atoms with Crippen LogP contribution in [0.25, 0.3) is 0 Å². The normalized spacial score (nSPS) is 13.3. The van der Waals surface area contributed by atoms with Crippen molar-refractivity contribution in [2.75, 3.05) is 0 Å². The minimum Gasteiger partial charge on any atom is -0.222 e. The molecule has 0 fully saturated rings. The maximum atomic E-state index is 12.4. The summed E-state index contributed by atoms with van der Waals surface area (Å²) in [5, 5.41) is 1.38. The summed E-state index contributed by atoms with van der Waals surface area (Å²) in [4.78, 5) is 0.170. The molecule has 0 N–H and O–H groups in total. The van der Waals surface area contributed by atoms with Gasteiger partial charge in [-0.1, -0.05) is 18.2 Å². The average molecular weight is 344 g/mol. The monoisotopic (exact) mass is 344 g/mol. The lowest BCUT2D eigenvalue weighted by Gasteiger charge is -2.17. The minimum absolute atomic E-state index is 0.0153. The Labute approximate surface area is 129 Å². The molecule has 0 aliphatic rings. The van der Waals surface area contributed by atoms with Gasteiger partial charge in [0.05, 0.1) is 14.5 Å². The van der Waals surface area contributed by atoms with E-state index in [0.717, 1.165) is 11.3 Å². The van der Waals surface area contributed by atoms with Gasteiger partial charge in [-0.25, -0.2) is 16.8 Å². The predicted molar refractivity (Wildman–Crippen MR) is 83.2 cm³/mol. The van der Waals surface area contributed by atoms with Crippen LogP contribution in [-0.2, 0) is 19.7 Å². The van der Waals surface area contributed by atoms with E-state index in [1.165, 1.54) is 23.6 Å². The molecule has 2 aromatic rings. The third kappa shape index (κ3) is 2.90. The van der Waals surface area contributed by atoms with Crippen LogP contribution in [0.2, 0.25) is 0 Å². The van der Waals surface area contributed by atoms with Gasteiger partial charge in [0.15, 0.2) is 9.84 Å². The van der Waals surface area contributed by atoms with Crippen molar-refractivity contribution in [3.63, 3.8) is 0 Å². The Morgan fingerprint density at radius 2 is 1.48 bits per heavy atom. The van der Waals surface area contributed by atoms with Crippen LogP contribution in [0.15, 0.2) is 55.8 Å². The van der Waals surface area contributed by atoms with Crippen molar-refractivity contribution in [3.8, 4) is 0 Å². The molecular formula is C14H16O4S3. The molecule has 0 unspecified atom stereocenters. The molecule has 0 aliphatic carbocycles. The molecule has 0 atom stereocenters. The van der Waals surface area contributed by atoms with Gasteiger partial charge in [-0.15, -0.1) is 11.3 Å². The van der Waals surface area contributed by atoms with Gasteiger partial charge in [0, 0.05) is 5.38 Å². The number of hydrogen-bond acceptors (Lipinski definition) is 5. The highest BCUT2D eigenvalue weighted by Crippen LogP contribution is 2.33. The summed E-state index contributed by atoms with van der Waals surface area (Å²) >= 11 is 0.938. The molecule has 21 heavy (non-hydrogen) atoms. The topological polar surface area (TPSA) is 68.3 Å². The van der Waals surface area contributed by atoms with E-state index in [9.17, 15) is 16.8 Å². The zero-order chi connectivity index (χ0) is 15.9. The van der Waals surface area contributed by atoms with Gasteiger partial charge in [-0.3, -0.25) is 0 Å². The molecule has 1 aromatic carbocycles. The summed E-state index contributed by atoms with van der Waals surface area (Å²) in [5.74, 6) is 0. The van der Waals surface area contributed by atoms with Crippen LogP contribution in [0, 0.1) is 0 Å². The number of hydrogen-bond donors (Lipinski definition) is 0. The molecule has 114 valence electrons. The SMILES string of the molecule is CC(C)(C)S(=O)(=O)c1cc(S(=O)(=O)c2ccccc2)cs1. The maximum absolute atomic E-state index is 12.4. The molecule has 0 bridgehead atoms. The molecule has 7 heteroatoms. The highest BCUT2D eigenvalue weighted by atomic mass is 32.2. The van der Waals surface area contributed by atoms with Crippen LogP contribution >= 0.6 is 11.3 Å². The predicted octanol–water partition coefficient (Wildman–Crippen LogP) is 3.15. The summed E-state index contributed by atoms with van der Waals surface area (Å²) in [5.41, 5.74) is 0. The van der Waals surface area contributed by atoms with Crippen LogP contribution in [0.1, 0.15) is 20.8 Å². The van der Waals surface area contributed by atoms with Gasteiger partial charge < -0.3 is 0 Å². The van der Waals surface area contributed by atoms with Gasteiger partial charge in [0.2, 0.25) is 9.84 Å². The van der Waals surface area contributed by atoms with Gasteiger partial charge >= 0.3 is 0 Å². The fourth-order valence-corrected chi connectivity index (χ4v) is 6.26. The molecule has 4 nitrogen and oxygen atoms in total. The Morgan fingerprint density at radius 3 is 2.00 bits per heavy atom. The van der Waals surface area contributed by atoms with Crippen molar-refractivity contribution in [1.82, 2.24) is 0 Å². The molecule has 0 aliphatic heterocycles. The van der Waals surface area contributed by atoms with Crippen LogP contribution in [0.4, 0.5) is 0 Å².